The van der Waals surface area contributed by atoms with Gasteiger partial charge in [-0.05, 0) is 36.5 Å². The number of carboxylic acids is 1. The van der Waals surface area contributed by atoms with Crippen LogP contribution in [0.15, 0.2) is 24.3 Å². The number of amides is 1. The van der Waals surface area contributed by atoms with Crippen LogP contribution in [-0.4, -0.2) is 41.6 Å². The zero-order chi connectivity index (χ0) is 16.8. The lowest BCUT2D eigenvalue weighted by Crippen LogP contribution is -2.42. The molecule has 1 saturated heterocycles. The van der Waals surface area contributed by atoms with Gasteiger partial charge in [-0.3, -0.25) is 9.59 Å². The van der Waals surface area contributed by atoms with Crippen LogP contribution < -0.4 is 4.74 Å². The molecule has 126 valence electrons. The van der Waals surface area contributed by atoms with Crippen molar-refractivity contribution in [3.05, 3.63) is 29.8 Å². The second-order valence-electron chi connectivity index (χ2n) is 6.34. The van der Waals surface area contributed by atoms with Gasteiger partial charge in [0.15, 0.2) is 0 Å². The maximum Gasteiger partial charge on any atom is 0.308 e. The van der Waals surface area contributed by atoms with Crippen LogP contribution in [0.4, 0.5) is 0 Å². The van der Waals surface area contributed by atoms with Crippen molar-refractivity contribution < 1.29 is 19.4 Å². The summed E-state index contributed by atoms with van der Waals surface area (Å²) in [6, 6.07) is 7.90. The third-order valence-electron chi connectivity index (χ3n) is 4.25. The second kappa shape index (κ2) is 7.99. The van der Waals surface area contributed by atoms with Crippen LogP contribution in [0.2, 0.25) is 0 Å². The molecule has 1 heterocycles. The van der Waals surface area contributed by atoms with Crippen LogP contribution in [0.1, 0.15) is 44.6 Å². The van der Waals surface area contributed by atoms with E-state index in [1.165, 1.54) is 5.56 Å². The number of piperidine rings is 1. The molecule has 5 heteroatoms. The number of carbonyl (C=O) groups is 2. The molecule has 1 aromatic rings. The van der Waals surface area contributed by atoms with Crippen molar-refractivity contribution in [1.82, 2.24) is 4.90 Å². The van der Waals surface area contributed by atoms with Gasteiger partial charge in [0.1, 0.15) is 5.75 Å². The summed E-state index contributed by atoms with van der Waals surface area (Å²) in [6.45, 7) is 5.55. The zero-order valence-corrected chi connectivity index (χ0v) is 13.8. The Kier molecular flexibility index (Phi) is 6.02. The number of benzene rings is 1. The lowest BCUT2D eigenvalue weighted by Gasteiger charge is -2.30. The van der Waals surface area contributed by atoms with Gasteiger partial charge in [-0.25, -0.2) is 0 Å². The summed E-state index contributed by atoms with van der Waals surface area (Å²) < 4.78 is 5.61. The molecule has 0 aliphatic carbocycles. The molecule has 5 nitrogen and oxygen atoms in total. The number of aliphatic carboxylic acids is 1. The van der Waals surface area contributed by atoms with Crippen molar-refractivity contribution in [2.24, 2.45) is 5.92 Å². The molecule has 0 bridgehead atoms. The van der Waals surface area contributed by atoms with Gasteiger partial charge in [-0.15, -0.1) is 0 Å². The monoisotopic (exact) mass is 319 g/mol. The fourth-order valence-corrected chi connectivity index (χ4v) is 2.77. The van der Waals surface area contributed by atoms with Crippen molar-refractivity contribution in [3.8, 4) is 5.75 Å². The maximum atomic E-state index is 12.2. The molecule has 1 aromatic carbocycles. The summed E-state index contributed by atoms with van der Waals surface area (Å²) in [4.78, 5) is 24.8. The van der Waals surface area contributed by atoms with Crippen LogP contribution in [0, 0.1) is 5.92 Å². The second-order valence-corrected chi connectivity index (χ2v) is 6.34. The van der Waals surface area contributed by atoms with Crippen LogP contribution in [0.3, 0.4) is 0 Å². The third kappa shape index (κ3) is 4.98. The highest BCUT2D eigenvalue weighted by Crippen LogP contribution is 2.19. The van der Waals surface area contributed by atoms with Gasteiger partial charge in [0.2, 0.25) is 5.91 Å². The molecule has 0 radical (unpaired) electrons. The minimum Gasteiger partial charge on any atom is -0.493 e. The fraction of sp³-hybridized carbons (Fsp3) is 0.556. The van der Waals surface area contributed by atoms with E-state index < -0.39 is 11.9 Å². The Labute approximate surface area is 137 Å². The first-order chi connectivity index (χ1) is 11.0. The number of ether oxygens (including phenoxy) is 1. The van der Waals surface area contributed by atoms with E-state index >= 15 is 0 Å². The highest BCUT2D eigenvalue weighted by atomic mass is 16.5. The lowest BCUT2D eigenvalue weighted by molar-refractivity contribution is -0.145. The highest BCUT2D eigenvalue weighted by Gasteiger charge is 2.27. The van der Waals surface area contributed by atoms with E-state index in [1.807, 2.05) is 24.3 Å². The predicted octanol–water partition coefficient (Wildman–Crippen LogP) is 2.90. The quantitative estimate of drug-likeness (QED) is 0.875. The van der Waals surface area contributed by atoms with Crippen molar-refractivity contribution >= 4 is 11.9 Å². The number of hydrogen-bond donors (Lipinski definition) is 1. The number of hydrogen-bond acceptors (Lipinski definition) is 3. The highest BCUT2D eigenvalue weighted by molar-refractivity contribution is 5.78. The predicted molar refractivity (Wildman–Crippen MR) is 87.6 cm³/mol. The Morgan fingerprint density at radius 1 is 1.30 bits per heavy atom. The van der Waals surface area contributed by atoms with E-state index in [0.29, 0.717) is 32.0 Å². The Morgan fingerprint density at radius 2 is 2.00 bits per heavy atom. The number of carbonyl (C=O) groups excluding carboxylic acids is 1. The van der Waals surface area contributed by atoms with Crippen molar-refractivity contribution in [1.29, 1.82) is 0 Å². The van der Waals surface area contributed by atoms with Gasteiger partial charge in [-0.1, -0.05) is 26.0 Å². The standard InChI is InChI=1S/C18H25NO4/c1-13(2)14-5-7-16(8-6-14)23-11-9-17(20)19-10-3-4-15(12-19)18(21)22/h5-8,13,15H,3-4,9-12H2,1-2H3,(H,21,22). The van der Waals surface area contributed by atoms with Crippen molar-refractivity contribution in [3.63, 3.8) is 0 Å². The number of carboxylic acid groups (broad SMARTS) is 1. The molecule has 1 N–H and O–H groups in total. The van der Waals surface area contributed by atoms with Crippen LogP contribution in [0.25, 0.3) is 0 Å². The SMILES string of the molecule is CC(C)c1ccc(OCCC(=O)N2CCCC(C(=O)O)C2)cc1. The minimum absolute atomic E-state index is 0.0326. The fourth-order valence-electron chi connectivity index (χ4n) is 2.77. The number of likely N-dealkylation sites (tertiary alicyclic amines) is 1. The third-order valence-corrected chi connectivity index (χ3v) is 4.25. The van der Waals surface area contributed by atoms with E-state index in [9.17, 15) is 9.59 Å². The topological polar surface area (TPSA) is 66.8 Å². The molecule has 0 spiro atoms. The molecule has 0 aromatic heterocycles. The van der Waals surface area contributed by atoms with Crippen LogP contribution >= 0.6 is 0 Å². The van der Waals surface area contributed by atoms with Gasteiger partial charge in [0.25, 0.3) is 0 Å². The Morgan fingerprint density at radius 3 is 2.61 bits per heavy atom. The molecule has 1 fully saturated rings. The molecule has 0 saturated carbocycles. The van der Waals surface area contributed by atoms with Gasteiger partial charge >= 0.3 is 5.97 Å². The summed E-state index contributed by atoms with van der Waals surface area (Å²) in [7, 11) is 0. The van der Waals surface area contributed by atoms with E-state index in [1.54, 1.807) is 4.90 Å². The van der Waals surface area contributed by atoms with Crippen LogP contribution in [-0.2, 0) is 9.59 Å². The summed E-state index contributed by atoms with van der Waals surface area (Å²) in [5, 5.41) is 9.06. The molecule has 1 unspecified atom stereocenters. The van der Waals surface area contributed by atoms with E-state index in [-0.39, 0.29) is 12.3 Å². The van der Waals surface area contributed by atoms with E-state index in [4.69, 9.17) is 9.84 Å². The number of nitrogens with zero attached hydrogens (tertiary/aromatic N) is 1. The first-order valence-electron chi connectivity index (χ1n) is 8.20. The molecule has 1 amide bonds. The number of rotatable bonds is 6. The van der Waals surface area contributed by atoms with E-state index in [0.717, 1.165) is 12.2 Å². The summed E-state index contributed by atoms with van der Waals surface area (Å²) in [6.07, 6.45) is 1.68. The van der Waals surface area contributed by atoms with Gasteiger partial charge < -0.3 is 14.7 Å². The normalized spacial score (nSPS) is 18.0. The molecular weight excluding hydrogens is 294 g/mol. The average molecular weight is 319 g/mol. The summed E-state index contributed by atoms with van der Waals surface area (Å²) >= 11 is 0. The summed E-state index contributed by atoms with van der Waals surface area (Å²) in [5.41, 5.74) is 1.25. The molecule has 1 atom stereocenters. The maximum absolute atomic E-state index is 12.2. The molecule has 2 rings (SSSR count). The van der Waals surface area contributed by atoms with Crippen molar-refractivity contribution in [2.45, 2.75) is 39.0 Å². The zero-order valence-electron chi connectivity index (χ0n) is 13.8. The van der Waals surface area contributed by atoms with Gasteiger partial charge in [0.05, 0.1) is 18.9 Å². The van der Waals surface area contributed by atoms with Crippen molar-refractivity contribution in [2.75, 3.05) is 19.7 Å². The molecule has 1 aliphatic rings. The molecule has 23 heavy (non-hydrogen) atoms. The Bertz CT molecular complexity index is 538. The average Bonchev–Trinajstić information content (AvgIpc) is 2.55. The Balaban J connectivity index is 1.77. The first kappa shape index (κ1) is 17.3. The Hall–Kier alpha value is -2.04. The molecular formula is C18H25NO4. The van der Waals surface area contributed by atoms with Gasteiger partial charge in [-0.2, -0.15) is 0 Å². The van der Waals surface area contributed by atoms with Crippen LogP contribution in [0.5, 0.6) is 5.75 Å². The van der Waals surface area contributed by atoms with Gasteiger partial charge in [0, 0.05) is 13.1 Å². The largest absolute Gasteiger partial charge is 0.493 e. The molecule has 1 aliphatic heterocycles. The lowest BCUT2D eigenvalue weighted by atomic mass is 9.98. The minimum atomic E-state index is -0.816. The smallest absolute Gasteiger partial charge is 0.308 e. The summed E-state index contributed by atoms with van der Waals surface area (Å²) in [5.74, 6) is -0.0490. The van der Waals surface area contributed by atoms with E-state index in [2.05, 4.69) is 13.8 Å². The first-order valence-corrected chi connectivity index (χ1v) is 8.20.